The van der Waals surface area contributed by atoms with Gasteiger partial charge in [-0.15, -0.1) is 0 Å². The standard InChI is InChI=1S/C14H17BrN2O3S/c1-10(2)16-9-11-7-8-14(20-11)21(18,19)17-13-6-4-3-5-12(13)15/h3-8,10,16-17H,9H2,1-2H3. The molecule has 0 fully saturated rings. The first-order chi connectivity index (χ1) is 9.88. The Hall–Kier alpha value is -1.31. The van der Waals surface area contributed by atoms with Crippen LogP contribution in [-0.4, -0.2) is 14.5 Å². The van der Waals surface area contributed by atoms with Gasteiger partial charge in [-0.05, 0) is 40.2 Å². The Kier molecular flexibility index (Phi) is 5.08. The molecule has 21 heavy (non-hydrogen) atoms. The maximum atomic E-state index is 12.3. The van der Waals surface area contributed by atoms with Gasteiger partial charge in [0.1, 0.15) is 5.76 Å². The molecule has 0 saturated heterocycles. The molecular weight excluding hydrogens is 356 g/mol. The molecule has 0 aliphatic rings. The minimum absolute atomic E-state index is 0.0983. The van der Waals surface area contributed by atoms with Crippen molar-refractivity contribution in [2.24, 2.45) is 0 Å². The monoisotopic (exact) mass is 372 g/mol. The molecule has 114 valence electrons. The summed E-state index contributed by atoms with van der Waals surface area (Å²) in [4.78, 5) is 0. The molecule has 0 unspecified atom stereocenters. The summed E-state index contributed by atoms with van der Waals surface area (Å²) in [5.41, 5.74) is 0.468. The largest absolute Gasteiger partial charge is 0.446 e. The molecule has 7 heteroatoms. The van der Waals surface area contributed by atoms with Crippen molar-refractivity contribution in [3.05, 3.63) is 46.6 Å². The van der Waals surface area contributed by atoms with E-state index in [-0.39, 0.29) is 5.09 Å². The maximum Gasteiger partial charge on any atom is 0.295 e. The lowest BCUT2D eigenvalue weighted by atomic mass is 10.3. The zero-order valence-electron chi connectivity index (χ0n) is 11.8. The number of nitrogens with one attached hydrogen (secondary N) is 2. The Morgan fingerprint density at radius 2 is 1.90 bits per heavy atom. The minimum Gasteiger partial charge on any atom is -0.446 e. The molecule has 2 aromatic rings. The zero-order chi connectivity index (χ0) is 15.5. The van der Waals surface area contributed by atoms with Crippen LogP contribution < -0.4 is 10.0 Å². The van der Waals surface area contributed by atoms with Crippen LogP contribution in [0.15, 0.2) is 50.4 Å². The quantitative estimate of drug-likeness (QED) is 0.815. The molecule has 0 radical (unpaired) electrons. The average molecular weight is 373 g/mol. The molecular formula is C14H17BrN2O3S. The van der Waals surface area contributed by atoms with Crippen molar-refractivity contribution in [1.82, 2.24) is 5.32 Å². The van der Waals surface area contributed by atoms with Crippen LogP contribution >= 0.6 is 15.9 Å². The fraction of sp³-hybridized carbons (Fsp3) is 0.286. The van der Waals surface area contributed by atoms with E-state index < -0.39 is 10.0 Å². The topological polar surface area (TPSA) is 71.3 Å². The van der Waals surface area contributed by atoms with Crippen LogP contribution in [0.1, 0.15) is 19.6 Å². The average Bonchev–Trinajstić information content (AvgIpc) is 2.88. The van der Waals surface area contributed by atoms with Crippen LogP contribution in [0.25, 0.3) is 0 Å². The molecule has 0 aliphatic carbocycles. The lowest BCUT2D eigenvalue weighted by molar-refractivity contribution is 0.396. The lowest BCUT2D eigenvalue weighted by Crippen LogP contribution is -2.21. The van der Waals surface area contributed by atoms with Crippen molar-refractivity contribution >= 4 is 31.6 Å². The first kappa shape index (κ1) is 16.1. The zero-order valence-corrected chi connectivity index (χ0v) is 14.2. The predicted octanol–water partition coefficient (Wildman–Crippen LogP) is 3.34. The summed E-state index contributed by atoms with van der Waals surface area (Å²) in [5.74, 6) is 0.580. The highest BCUT2D eigenvalue weighted by Gasteiger charge is 2.19. The minimum atomic E-state index is -3.73. The molecule has 0 aliphatic heterocycles. The maximum absolute atomic E-state index is 12.3. The van der Waals surface area contributed by atoms with E-state index in [0.717, 1.165) is 0 Å². The van der Waals surface area contributed by atoms with Gasteiger partial charge in [0.15, 0.2) is 0 Å². The van der Waals surface area contributed by atoms with Crippen LogP contribution in [0.5, 0.6) is 0 Å². The van der Waals surface area contributed by atoms with Gasteiger partial charge in [-0.3, -0.25) is 4.72 Å². The third-order valence-electron chi connectivity index (χ3n) is 2.70. The van der Waals surface area contributed by atoms with E-state index in [4.69, 9.17) is 4.42 Å². The van der Waals surface area contributed by atoms with Crippen LogP contribution in [0.3, 0.4) is 0 Å². The Labute approximate surface area is 132 Å². The summed E-state index contributed by atoms with van der Waals surface area (Å²) < 4.78 is 33.1. The van der Waals surface area contributed by atoms with Gasteiger partial charge < -0.3 is 9.73 Å². The van der Waals surface area contributed by atoms with E-state index >= 15 is 0 Å². The molecule has 2 N–H and O–H groups in total. The smallest absolute Gasteiger partial charge is 0.295 e. The van der Waals surface area contributed by atoms with Gasteiger partial charge in [-0.1, -0.05) is 26.0 Å². The van der Waals surface area contributed by atoms with Crippen molar-refractivity contribution in [1.29, 1.82) is 0 Å². The van der Waals surface area contributed by atoms with Gasteiger partial charge in [0.05, 0.1) is 12.2 Å². The molecule has 1 aromatic heterocycles. The Balaban J connectivity index is 2.15. The van der Waals surface area contributed by atoms with Crippen molar-refractivity contribution in [2.45, 2.75) is 31.5 Å². The summed E-state index contributed by atoms with van der Waals surface area (Å²) in [7, 11) is -3.73. The van der Waals surface area contributed by atoms with E-state index in [0.29, 0.717) is 28.5 Å². The molecule has 5 nitrogen and oxygen atoms in total. The van der Waals surface area contributed by atoms with Gasteiger partial charge in [-0.25, -0.2) is 0 Å². The third kappa shape index (κ3) is 4.33. The van der Waals surface area contributed by atoms with Gasteiger partial charge >= 0.3 is 0 Å². The second-order valence-electron chi connectivity index (χ2n) is 4.84. The fourth-order valence-corrected chi connectivity index (χ4v) is 3.19. The van der Waals surface area contributed by atoms with E-state index in [9.17, 15) is 8.42 Å². The molecule has 0 amide bonds. The Bertz CT molecular complexity index is 711. The number of furan rings is 1. The predicted molar refractivity (Wildman–Crippen MR) is 85.6 cm³/mol. The van der Waals surface area contributed by atoms with Gasteiger partial charge in [0.25, 0.3) is 10.0 Å². The van der Waals surface area contributed by atoms with Crippen LogP contribution in [0, 0.1) is 0 Å². The first-order valence-electron chi connectivity index (χ1n) is 6.48. The number of para-hydroxylation sites is 1. The summed E-state index contributed by atoms with van der Waals surface area (Å²) in [6.07, 6.45) is 0. The summed E-state index contributed by atoms with van der Waals surface area (Å²) in [5, 5.41) is 3.07. The van der Waals surface area contributed by atoms with Gasteiger partial charge in [0.2, 0.25) is 5.09 Å². The lowest BCUT2D eigenvalue weighted by Gasteiger charge is -2.08. The van der Waals surface area contributed by atoms with E-state index in [1.165, 1.54) is 6.07 Å². The highest BCUT2D eigenvalue weighted by molar-refractivity contribution is 9.10. The van der Waals surface area contributed by atoms with Crippen LogP contribution in [0.2, 0.25) is 0 Å². The summed E-state index contributed by atoms with van der Waals surface area (Å²) in [6.45, 7) is 4.51. The summed E-state index contributed by atoms with van der Waals surface area (Å²) in [6, 6.07) is 10.4. The molecule has 0 saturated carbocycles. The highest BCUT2D eigenvalue weighted by atomic mass is 79.9. The van der Waals surface area contributed by atoms with Crippen LogP contribution in [-0.2, 0) is 16.6 Å². The van der Waals surface area contributed by atoms with Crippen LogP contribution in [0.4, 0.5) is 5.69 Å². The molecule has 1 aromatic carbocycles. The number of sulfonamides is 1. The molecule has 0 bridgehead atoms. The fourth-order valence-electron chi connectivity index (χ4n) is 1.64. The third-order valence-corrected chi connectivity index (χ3v) is 4.63. The number of benzene rings is 1. The first-order valence-corrected chi connectivity index (χ1v) is 8.75. The SMILES string of the molecule is CC(C)NCc1ccc(S(=O)(=O)Nc2ccccc2Br)o1. The van der Waals surface area contributed by atoms with Crippen molar-refractivity contribution in [3.8, 4) is 0 Å². The van der Waals surface area contributed by atoms with E-state index in [1.54, 1.807) is 24.3 Å². The second-order valence-corrected chi connectivity index (χ2v) is 7.31. The second kappa shape index (κ2) is 6.64. The Morgan fingerprint density at radius 3 is 2.57 bits per heavy atom. The molecule has 0 spiro atoms. The molecule has 2 rings (SSSR count). The van der Waals surface area contributed by atoms with Crippen molar-refractivity contribution < 1.29 is 12.8 Å². The summed E-state index contributed by atoms with van der Waals surface area (Å²) >= 11 is 3.30. The van der Waals surface area contributed by atoms with Crippen molar-refractivity contribution in [2.75, 3.05) is 4.72 Å². The highest BCUT2D eigenvalue weighted by Crippen LogP contribution is 2.25. The Morgan fingerprint density at radius 1 is 1.19 bits per heavy atom. The number of hydrogen-bond acceptors (Lipinski definition) is 4. The van der Waals surface area contributed by atoms with E-state index in [2.05, 4.69) is 26.0 Å². The number of rotatable bonds is 6. The number of anilines is 1. The van der Waals surface area contributed by atoms with Gasteiger partial charge in [-0.2, -0.15) is 8.42 Å². The number of hydrogen-bond donors (Lipinski definition) is 2. The van der Waals surface area contributed by atoms with Gasteiger partial charge in [0, 0.05) is 10.5 Å². The molecule has 1 heterocycles. The van der Waals surface area contributed by atoms with E-state index in [1.807, 2.05) is 19.9 Å². The normalized spacial score (nSPS) is 11.8. The number of halogens is 1. The molecule has 0 atom stereocenters. The van der Waals surface area contributed by atoms with Crippen molar-refractivity contribution in [3.63, 3.8) is 0 Å².